The van der Waals surface area contributed by atoms with E-state index in [2.05, 4.69) is 5.32 Å². The van der Waals surface area contributed by atoms with Crippen LogP contribution in [-0.2, 0) is 20.3 Å². The van der Waals surface area contributed by atoms with Gasteiger partial charge in [-0.15, -0.1) is 0 Å². The highest BCUT2D eigenvalue weighted by molar-refractivity contribution is 5.94. The van der Waals surface area contributed by atoms with E-state index in [0.29, 0.717) is 12.1 Å². The molecule has 1 amide bonds. The van der Waals surface area contributed by atoms with Crippen LogP contribution >= 0.6 is 0 Å². The number of carbonyl (C=O) groups excluding carboxylic acids is 1. The molecule has 3 fully saturated rings. The molecule has 35 heavy (non-hydrogen) atoms. The van der Waals surface area contributed by atoms with Gasteiger partial charge in [0.15, 0.2) is 0 Å². The fourth-order valence-electron chi connectivity index (χ4n) is 6.06. The molecular weight excluding hydrogens is 440 g/mol. The van der Waals surface area contributed by atoms with Crippen LogP contribution in [-0.4, -0.2) is 23.8 Å². The SMILES string of the molecule is CC(C)(N)CNC(=O)c1ccc([C@@]2(c3ccccc3)OO[C@@](C)(C3CC4CCCC(C4)C3)O2)cc1. The molecule has 2 bridgehead atoms. The van der Waals surface area contributed by atoms with Gasteiger partial charge < -0.3 is 15.8 Å². The Bertz CT molecular complexity index is 1020. The highest BCUT2D eigenvalue weighted by Crippen LogP contribution is 2.53. The monoisotopic (exact) mass is 478 g/mol. The lowest BCUT2D eigenvalue weighted by Gasteiger charge is -2.43. The average molecular weight is 479 g/mol. The molecule has 2 aromatic rings. The largest absolute Gasteiger partial charge is 0.350 e. The highest BCUT2D eigenvalue weighted by Gasteiger charge is 2.57. The molecule has 3 N–H and O–H groups in total. The van der Waals surface area contributed by atoms with E-state index in [4.69, 9.17) is 20.2 Å². The van der Waals surface area contributed by atoms with E-state index in [9.17, 15) is 4.79 Å². The Labute approximate surface area is 208 Å². The molecule has 1 saturated heterocycles. The first-order valence-corrected chi connectivity index (χ1v) is 13.0. The number of rotatable bonds is 6. The fraction of sp³-hybridized carbons (Fsp3) is 0.552. The second-order valence-corrected chi connectivity index (χ2v) is 11.6. The maximum Gasteiger partial charge on any atom is 0.256 e. The summed E-state index contributed by atoms with van der Waals surface area (Å²) < 4.78 is 6.84. The van der Waals surface area contributed by atoms with Crippen molar-refractivity contribution in [3.05, 3.63) is 71.3 Å². The van der Waals surface area contributed by atoms with E-state index in [1.54, 1.807) is 12.1 Å². The third-order valence-electron chi connectivity index (χ3n) is 7.93. The first-order valence-electron chi connectivity index (χ1n) is 13.0. The Morgan fingerprint density at radius 1 is 0.971 bits per heavy atom. The zero-order valence-corrected chi connectivity index (χ0v) is 21.1. The van der Waals surface area contributed by atoms with Crippen LogP contribution in [0.3, 0.4) is 0 Å². The summed E-state index contributed by atoms with van der Waals surface area (Å²) in [5.41, 5.74) is 7.74. The maximum atomic E-state index is 12.6. The lowest BCUT2D eigenvalue weighted by molar-refractivity contribution is -0.354. The summed E-state index contributed by atoms with van der Waals surface area (Å²) in [6.45, 7) is 6.18. The van der Waals surface area contributed by atoms with Gasteiger partial charge in [-0.05, 0) is 64.0 Å². The number of benzene rings is 2. The van der Waals surface area contributed by atoms with Crippen LogP contribution in [0.25, 0.3) is 0 Å². The summed E-state index contributed by atoms with van der Waals surface area (Å²) >= 11 is 0. The zero-order valence-electron chi connectivity index (χ0n) is 21.1. The summed E-state index contributed by atoms with van der Waals surface area (Å²) in [6.07, 6.45) is 7.50. The van der Waals surface area contributed by atoms with Crippen LogP contribution < -0.4 is 11.1 Å². The van der Waals surface area contributed by atoms with Gasteiger partial charge in [-0.25, -0.2) is 0 Å². The fourth-order valence-corrected chi connectivity index (χ4v) is 6.06. The number of fused-ring (bicyclic) bond motifs is 2. The van der Waals surface area contributed by atoms with Crippen LogP contribution in [0, 0.1) is 17.8 Å². The van der Waals surface area contributed by atoms with E-state index in [-0.39, 0.29) is 11.8 Å². The third kappa shape index (κ3) is 5.03. The minimum Gasteiger partial charge on any atom is -0.350 e. The number of hydrogen-bond donors (Lipinski definition) is 2. The molecular formula is C29H38N2O4. The van der Waals surface area contributed by atoms with Crippen molar-refractivity contribution >= 4 is 5.91 Å². The molecule has 4 atom stereocenters. The Balaban J connectivity index is 1.41. The first kappa shape index (κ1) is 24.4. The van der Waals surface area contributed by atoms with E-state index >= 15 is 0 Å². The molecule has 2 saturated carbocycles. The second-order valence-electron chi connectivity index (χ2n) is 11.6. The Kier molecular flexibility index (Phi) is 6.51. The van der Waals surface area contributed by atoms with Crippen molar-refractivity contribution in [2.45, 2.75) is 76.4 Å². The van der Waals surface area contributed by atoms with Gasteiger partial charge in [-0.2, -0.15) is 9.78 Å². The van der Waals surface area contributed by atoms with Crippen LogP contribution in [0.4, 0.5) is 0 Å². The number of nitrogens with two attached hydrogens (primary N) is 1. The molecule has 3 aliphatic rings. The Morgan fingerprint density at radius 2 is 1.60 bits per heavy atom. The first-order chi connectivity index (χ1) is 16.7. The van der Waals surface area contributed by atoms with Crippen LogP contribution in [0.2, 0.25) is 0 Å². The molecule has 5 rings (SSSR count). The normalized spacial score (nSPS) is 32.9. The zero-order chi connectivity index (χ0) is 24.7. The minimum atomic E-state index is -1.20. The van der Waals surface area contributed by atoms with Gasteiger partial charge in [0.1, 0.15) is 0 Å². The summed E-state index contributed by atoms with van der Waals surface area (Å²) in [5.74, 6) is -0.420. The molecule has 188 valence electrons. The number of hydrogen-bond acceptors (Lipinski definition) is 5. The van der Waals surface area contributed by atoms with Gasteiger partial charge in [-0.1, -0.05) is 61.7 Å². The molecule has 6 nitrogen and oxygen atoms in total. The topological polar surface area (TPSA) is 82.8 Å². The average Bonchev–Trinajstić information content (AvgIpc) is 3.22. The van der Waals surface area contributed by atoms with E-state index in [1.807, 2.05) is 63.2 Å². The van der Waals surface area contributed by atoms with Gasteiger partial charge in [0.2, 0.25) is 5.79 Å². The summed E-state index contributed by atoms with van der Waals surface area (Å²) in [7, 11) is 0. The number of carbonyl (C=O) groups is 1. The molecule has 1 heterocycles. The van der Waals surface area contributed by atoms with Crippen molar-refractivity contribution in [2.75, 3.05) is 6.54 Å². The van der Waals surface area contributed by atoms with E-state index < -0.39 is 17.1 Å². The number of ether oxygens (including phenoxy) is 1. The third-order valence-corrected chi connectivity index (χ3v) is 7.93. The highest BCUT2D eigenvalue weighted by atomic mass is 17.3. The molecule has 2 unspecified atom stereocenters. The minimum absolute atomic E-state index is 0.160. The van der Waals surface area contributed by atoms with Gasteiger partial charge in [0.05, 0.1) is 0 Å². The Morgan fingerprint density at radius 3 is 2.23 bits per heavy atom. The Hall–Kier alpha value is -2.25. The summed E-state index contributed by atoms with van der Waals surface area (Å²) in [5, 5.41) is 2.89. The van der Waals surface area contributed by atoms with Gasteiger partial charge in [0, 0.05) is 34.7 Å². The van der Waals surface area contributed by atoms with Crippen LogP contribution in [0.1, 0.15) is 80.8 Å². The standard InChI is InChI=1S/C29H38N2O4/c1-27(2,30)19-31-26(32)22-12-14-24(15-13-22)29(23-10-5-4-6-11-23)33-28(3,34-35-29)25-17-20-8-7-9-21(16-20)18-25/h4-6,10-15,20-21,25H,7-9,16-19,30H2,1-3H3,(H,31,32)/t20?,21?,25?,28-,29+/m0/s1. The lowest BCUT2D eigenvalue weighted by atomic mass is 9.66. The predicted octanol–water partition coefficient (Wildman–Crippen LogP) is 5.27. The molecule has 0 spiro atoms. The van der Waals surface area contributed by atoms with E-state index in [1.165, 1.54) is 25.7 Å². The maximum absolute atomic E-state index is 12.6. The van der Waals surface area contributed by atoms with Crippen molar-refractivity contribution < 1.29 is 19.3 Å². The van der Waals surface area contributed by atoms with Crippen molar-refractivity contribution in [1.82, 2.24) is 5.32 Å². The van der Waals surface area contributed by atoms with Crippen molar-refractivity contribution in [2.24, 2.45) is 23.5 Å². The molecule has 0 aromatic heterocycles. The summed E-state index contributed by atoms with van der Waals surface area (Å²) in [4.78, 5) is 24.9. The molecule has 1 aliphatic heterocycles. The van der Waals surface area contributed by atoms with Crippen molar-refractivity contribution in [3.63, 3.8) is 0 Å². The van der Waals surface area contributed by atoms with Gasteiger partial charge in [0.25, 0.3) is 11.7 Å². The van der Waals surface area contributed by atoms with Crippen LogP contribution in [0.15, 0.2) is 54.6 Å². The van der Waals surface area contributed by atoms with Gasteiger partial charge >= 0.3 is 0 Å². The summed E-state index contributed by atoms with van der Waals surface area (Å²) in [6, 6.07) is 17.3. The quantitative estimate of drug-likeness (QED) is 0.553. The lowest BCUT2D eigenvalue weighted by Crippen LogP contribution is -2.45. The molecule has 6 heteroatoms. The molecule has 0 radical (unpaired) electrons. The number of nitrogens with one attached hydrogen (secondary N) is 1. The van der Waals surface area contributed by atoms with Crippen molar-refractivity contribution in [3.8, 4) is 0 Å². The second kappa shape index (κ2) is 9.32. The van der Waals surface area contributed by atoms with Gasteiger partial charge in [-0.3, -0.25) is 4.79 Å². The van der Waals surface area contributed by atoms with E-state index in [0.717, 1.165) is 35.8 Å². The van der Waals surface area contributed by atoms with Crippen molar-refractivity contribution in [1.29, 1.82) is 0 Å². The smallest absolute Gasteiger partial charge is 0.256 e. The number of amides is 1. The predicted molar refractivity (Wildman–Crippen MR) is 134 cm³/mol. The van der Waals surface area contributed by atoms with Crippen LogP contribution in [0.5, 0.6) is 0 Å². The molecule has 2 aromatic carbocycles. The molecule has 2 aliphatic carbocycles.